The van der Waals surface area contributed by atoms with Gasteiger partial charge in [-0.25, -0.2) is 13.1 Å². The molecule has 0 spiro atoms. The van der Waals surface area contributed by atoms with Crippen LogP contribution in [0.5, 0.6) is 0 Å². The first-order chi connectivity index (χ1) is 17.1. The Morgan fingerprint density at radius 3 is 2.11 bits per heavy atom. The van der Waals surface area contributed by atoms with Crippen LogP contribution in [0.1, 0.15) is 16.8 Å². The van der Waals surface area contributed by atoms with E-state index in [0.29, 0.717) is 22.4 Å². The standard InChI is InChI=1S/C20H15Cl2F6N5O3S/c1-29-18-16(37(35,36)20(26,27)28)14(17(32-34)30-9-10-5-3-2-4-6-10)31-33(18)15-12(21)7-11(8-13(15)22)19(23,24)25/h2-8,29,34H,9H2,1H3,(H,30,32). The molecule has 3 N–H and O–H groups in total. The maximum absolute atomic E-state index is 13.6. The predicted octanol–water partition coefficient (Wildman–Crippen LogP) is 5.46. The Bertz CT molecular complexity index is 1420. The topological polar surface area (TPSA) is 109 Å². The summed E-state index contributed by atoms with van der Waals surface area (Å²) in [6.45, 7) is -0.223. The van der Waals surface area contributed by atoms with Gasteiger partial charge in [-0.05, 0) is 17.7 Å². The second-order valence-electron chi connectivity index (χ2n) is 7.19. The summed E-state index contributed by atoms with van der Waals surface area (Å²) in [4.78, 5) is 2.43. The molecule has 0 atom stereocenters. The van der Waals surface area contributed by atoms with Gasteiger partial charge in [0.1, 0.15) is 16.4 Å². The van der Waals surface area contributed by atoms with E-state index in [-0.39, 0.29) is 6.54 Å². The number of nitrogens with zero attached hydrogens (tertiary/aromatic N) is 3. The monoisotopic (exact) mass is 589 g/mol. The summed E-state index contributed by atoms with van der Waals surface area (Å²) >= 11 is 12.0. The number of hydrogen-bond acceptors (Lipinski definition) is 6. The van der Waals surface area contributed by atoms with Crippen molar-refractivity contribution >= 4 is 44.7 Å². The van der Waals surface area contributed by atoms with Crippen LogP contribution < -0.4 is 10.8 Å². The fourth-order valence-corrected chi connectivity index (χ4v) is 4.87. The molecule has 3 rings (SSSR count). The maximum Gasteiger partial charge on any atom is 0.502 e. The molecule has 0 amide bonds. The average molecular weight is 590 g/mol. The van der Waals surface area contributed by atoms with E-state index in [4.69, 9.17) is 23.2 Å². The number of nitrogens with one attached hydrogen (secondary N) is 2. The summed E-state index contributed by atoms with van der Waals surface area (Å²) in [5.74, 6) is -1.65. The van der Waals surface area contributed by atoms with Gasteiger partial charge in [-0.3, -0.25) is 15.7 Å². The summed E-state index contributed by atoms with van der Waals surface area (Å²) in [5.41, 5.74) is -6.61. The molecule has 3 aromatic rings. The number of aromatic nitrogens is 2. The van der Waals surface area contributed by atoms with Crippen LogP contribution in [0.25, 0.3) is 5.69 Å². The molecule has 1 aromatic heterocycles. The third-order valence-corrected chi connectivity index (χ3v) is 6.91. The highest BCUT2D eigenvalue weighted by molar-refractivity contribution is 7.92. The van der Waals surface area contributed by atoms with Crippen LogP contribution in [-0.2, 0) is 22.6 Å². The minimum atomic E-state index is -6.18. The number of anilines is 1. The molecule has 0 radical (unpaired) electrons. The average Bonchev–Trinajstić information content (AvgIpc) is 3.18. The van der Waals surface area contributed by atoms with Crippen molar-refractivity contribution < 1.29 is 40.0 Å². The summed E-state index contributed by atoms with van der Waals surface area (Å²) < 4.78 is 106. The first-order valence-corrected chi connectivity index (χ1v) is 12.0. The number of hydrogen-bond donors (Lipinski definition) is 3. The van der Waals surface area contributed by atoms with Gasteiger partial charge >= 0.3 is 11.7 Å². The molecule has 200 valence electrons. The SMILES string of the molecule is CNc1c(S(=O)(=O)C(F)(F)F)c(C(=NCc2ccccc2)NO)nn1-c1c(Cl)cc(C(F)(F)F)cc1Cl. The van der Waals surface area contributed by atoms with Gasteiger partial charge in [0.25, 0.3) is 9.84 Å². The molecule has 0 bridgehead atoms. The molecule has 0 unspecified atom stereocenters. The Kier molecular flexibility index (Phi) is 8.02. The highest BCUT2D eigenvalue weighted by Crippen LogP contribution is 2.42. The second kappa shape index (κ2) is 10.4. The van der Waals surface area contributed by atoms with Crippen molar-refractivity contribution in [2.24, 2.45) is 4.99 Å². The third kappa shape index (κ3) is 5.63. The molecular formula is C20H15Cl2F6N5O3S. The van der Waals surface area contributed by atoms with Crippen molar-refractivity contribution in [2.75, 3.05) is 12.4 Å². The molecule has 1 heterocycles. The molecular weight excluding hydrogens is 575 g/mol. The molecule has 8 nitrogen and oxygen atoms in total. The van der Waals surface area contributed by atoms with Crippen LogP contribution in [-0.4, -0.2) is 41.8 Å². The number of rotatable bonds is 6. The first-order valence-electron chi connectivity index (χ1n) is 9.81. The number of benzene rings is 2. The number of hydroxylamine groups is 1. The Morgan fingerprint density at radius 1 is 1.08 bits per heavy atom. The quantitative estimate of drug-likeness (QED) is 0.152. The minimum Gasteiger partial charge on any atom is -0.372 e. The van der Waals surface area contributed by atoms with Gasteiger partial charge in [0.15, 0.2) is 11.5 Å². The zero-order valence-electron chi connectivity index (χ0n) is 18.3. The third-order valence-electron chi connectivity index (χ3n) is 4.80. The zero-order valence-corrected chi connectivity index (χ0v) is 20.6. The van der Waals surface area contributed by atoms with Gasteiger partial charge in [0.05, 0.1) is 22.2 Å². The van der Waals surface area contributed by atoms with Crippen LogP contribution in [0, 0.1) is 0 Å². The Morgan fingerprint density at radius 2 is 1.65 bits per heavy atom. The van der Waals surface area contributed by atoms with Crippen LogP contribution in [0.2, 0.25) is 10.0 Å². The summed E-state index contributed by atoms with van der Waals surface area (Å²) in [7, 11) is -5.14. The Labute approximate surface area is 215 Å². The van der Waals surface area contributed by atoms with E-state index < -0.39 is 65.1 Å². The summed E-state index contributed by atoms with van der Waals surface area (Å²) in [6.07, 6.45) is -4.87. The van der Waals surface area contributed by atoms with Crippen molar-refractivity contribution in [2.45, 2.75) is 23.1 Å². The fourth-order valence-electron chi connectivity index (χ4n) is 3.16. The maximum atomic E-state index is 13.6. The van der Waals surface area contributed by atoms with Crippen molar-refractivity contribution in [3.05, 3.63) is 69.3 Å². The van der Waals surface area contributed by atoms with Crippen LogP contribution in [0.3, 0.4) is 0 Å². The molecule has 2 aromatic carbocycles. The van der Waals surface area contributed by atoms with Gasteiger partial charge in [0, 0.05) is 7.05 Å². The van der Waals surface area contributed by atoms with Gasteiger partial charge < -0.3 is 5.32 Å². The number of amidine groups is 1. The van der Waals surface area contributed by atoms with E-state index in [1.807, 2.05) is 0 Å². The van der Waals surface area contributed by atoms with Crippen LogP contribution >= 0.6 is 23.2 Å². The lowest BCUT2D eigenvalue weighted by Gasteiger charge is -2.15. The summed E-state index contributed by atoms with van der Waals surface area (Å²) in [5, 5.41) is 14.2. The molecule has 0 aliphatic carbocycles. The molecule has 0 saturated carbocycles. The summed E-state index contributed by atoms with van der Waals surface area (Å²) in [6, 6.07) is 9.05. The highest BCUT2D eigenvalue weighted by atomic mass is 35.5. The fraction of sp³-hybridized carbons (Fsp3) is 0.200. The van der Waals surface area contributed by atoms with Gasteiger partial charge in [-0.2, -0.15) is 31.4 Å². The van der Waals surface area contributed by atoms with Crippen molar-refractivity contribution in [3.8, 4) is 5.69 Å². The van der Waals surface area contributed by atoms with E-state index in [1.165, 1.54) is 5.48 Å². The largest absolute Gasteiger partial charge is 0.502 e. The van der Waals surface area contributed by atoms with Crippen molar-refractivity contribution in [1.29, 1.82) is 0 Å². The van der Waals surface area contributed by atoms with Gasteiger partial charge in [-0.1, -0.05) is 53.5 Å². The predicted molar refractivity (Wildman–Crippen MR) is 123 cm³/mol. The molecule has 0 saturated heterocycles. The zero-order chi connectivity index (χ0) is 27.8. The number of sulfone groups is 1. The smallest absolute Gasteiger partial charge is 0.372 e. The lowest BCUT2D eigenvalue weighted by molar-refractivity contribution is -0.137. The van der Waals surface area contributed by atoms with Crippen molar-refractivity contribution in [1.82, 2.24) is 15.3 Å². The van der Waals surface area contributed by atoms with Crippen molar-refractivity contribution in [3.63, 3.8) is 0 Å². The van der Waals surface area contributed by atoms with Crippen LogP contribution in [0.4, 0.5) is 32.2 Å². The Balaban J connectivity index is 2.36. The Hall–Kier alpha value is -3.01. The lowest BCUT2D eigenvalue weighted by Crippen LogP contribution is -2.28. The van der Waals surface area contributed by atoms with E-state index in [2.05, 4.69) is 15.4 Å². The van der Waals surface area contributed by atoms with E-state index in [0.717, 1.165) is 7.05 Å². The van der Waals surface area contributed by atoms with E-state index in [9.17, 15) is 40.0 Å². The molecule has 0 fully saturated rings. The lowest BCUT2D eigenvalue weighted by atomic mass is 10.2. The van der Waals surface area contributed by atoms with Crippen LogP contribution in [0.15, 0.2) is 52.4 Å². The molecule has 17 heteroatoms. The number of aliphatic imine (C=N–C) groups is 1. The molecule has 37 heavy (non-hydrogen) atoms. The molecule has 0 aliphatic rings. The minimum absolute atomic E-state index is 0.223. The normalized spacial score (nSPS) is 13.1. The molecule has 0 aliphatic heterocycles. The van der Waals surface area contributed by atoms with Gasteiger partial charge in [0.2, 0.25) is 0 Å². The highest BCUT2D eigenvalue weighted by Gasteiger charge is 2.51. The number of halogens is 8. The van der Waals surface area contributed by atoms with E-state index >= 15 is 0 Å². The van der Waals surface area contributed by atoms with Gasteiger partial charge in [-0.15, -0.1) is 0 Å². The number of alkyl halides is 6. The van der Waals surface area contributed by atoms with E-state index in [1.54, 1.807) is 30.3 Å². The first kappa shape index (κ1) is 28.6. The second-order valence-corrected chi connectivity index (χ2v) is 9.88.